The molecule has 1 saturated heterocycles. The number of carbonyl (C=O) groups is 3. The summed E-state index contributed by atoms with van der Waals surface area (Å²) in [7, 11) is -1.61. The summed E-state index contributed by atoms with van der Waals surface area (Å²) in [4.78, 5) is 35.8. The minimum atomic E-state index is -1.61. The minimum Gasteiger partial charge on any atom is -0.477 e. The van der Waals surface area contributed by atoms with Crippen molar-refractivity contribution >= 4 is 28.6 Å². The summed E-state index contributed by atoms with van der Waals surface area (Å²) in [5.74, 6) is -2.66. The first-order valence-electron chi connectivity index (χ1n) is 7.20. The van der Waals surface area contributed by atoms with Crippen molar-refractivity contribution in [1.82, 2.24) is 10.2 Å². The van der Waals surface area contributed by atoms with Crippen molar-refractivity contribution in [3.8, 4) is 0 Å². The zero-order valence-electron chi connectivity index (χ0n) is 13.2. The lowest BCUT2D eigenvalue weighted by atomic mass is 9.76. The molecule has 0 bridgehead atoms. The first-order valence-corrected chi connectivity index (χ1v) is 8.52. The number of rotatable bonds is 6. The highest BCUT2D eigenvalue weighted by atomic mass is 32.2. The number of amides is 2. The number of carboxylic acid groups (broad SMARTS) is 1. The molecule has 0 aromatic rings. The Morgan fingerprint density at radius 1 is 1.43 bits per heavy atom. The van der Waals surface area contributed by atoms with Crippen molar-refractivity contribution in [2.75, 3.05) is 12.3 Å². The second-order valence-corrected chi connectivity index (χ2v) is 7.81. The summed E-state index contributed by atoms with van der Waals surface area (Å²) in [6.07, 6.45) is 0.161. The lowest BCUT2D eigenvalue weighted by Gasteiger charge is -2.48. The molecule has 2 aliphatic heterocycles. The Morgan fingerprint density at radius 2 is 2.04 bits per heavy atom. The summed E-state index contributed by atoms with van der Waals surface area (Å²) in [6, 6.07) is -0.478. The predicted molar refractivity (Wildman–Crippen MR) is 81.4 cm³/mol. The summed E-state index contributed by atoms with van der Waals surface area (Å²) >= 11 is 0. The Hall–Kier alpha value is -1.74. The van der Waals surface area contributed by atoms with Gasteiger partial charge in [0, 0.05) is 30.5 Å². The number of hydrogen-bond acceptors (Lipinski definition) is 5. The van der Waals surface area contributed by atoms with Gasteiger partial charge in [0.25, 0.3) is 0 Å². The van der Waals surface area contributed by atoms with Gasteiger partial charge in [-0.3, -0.25) is 13.8 Å². The fourth-order valence-electron chi connectivity index (χ4n) is 3.09. The third kappa shape index (κ3) is 3.16. The molecule has 0 aliphatic carbocycles. The smallest absolute Gasteiger partial charge is 0.353 e. The molecule has 3 N–H and O–H groups in total. The third-order valence-electron chi connectivity index (χ3n) is 4.02. The average molecular weight is 344 g/mol. The van der Waals surface area contributed by atoms with Gasteiger partial charge in [-0.05, 0) is 13.8 Å². The summed E-state index contributed by atoms with van der Waals surface area (Å²) in [5.41, 5.74) is -1.52. The molecule has 8 nitrogen and oxygen atoms in total. The number of carbonyl (C=O) groups excluding carboxylic acids is 2. The molecule has 3 unspecified atom stereocenters. The molecular weight excluding hydrogens is 324 g/mol. The van der Waals surface area contributed by atoms with E-state index in [0.29, 0.717) is 0 Å². The van der Waals surface area contributed by atoms with Crippen molar-refractivity contribution in [2.24, 2.45) is 5.92 Å². The first kappa shape index (κ1) is 17.6. The number of fused-ring (bicyclic) bond motifs is 1. The normalized spacial score (nSPS) is 25.0. The Labute approximate surface area is 136 Å². The molecule has 2 heterocycles. The zero-order valence-corrected chi connectivity index (χ0v) is 14.0. The lowest BCUT2D eigenvalue weighted by molar-refractivity contribution is -0.169. The molecule has 0 saturated carbocycles. The van der Waals surface area contributed by atoms with E-state index in [1.165, 1.54) is 20.8 Å². The number of aliphatic hydroxyl groups is 1. The van der Waals surface area contributed by atoms with E-state index in [-0.39, 0.29) is 35.2 Å². The van der Waals surface area contributed by atoms with Crippen molar-refractivity contribution in [2.45, 2.75) is 38.8 Å². The number of aliphatic carboxylic acids is 1. The van der Waals surface area contributed by atoms with Crippen LogP contribution in [-0.2, 0) is 25.2 Å². The van der Waals surface area contributed by atoms with E-state index in [1.54, 1.807) is 0 Å². The van der Waals surface area contributed by atoms with Gasteiger partial charge in [-0.25, -0.2) is 4.79 Å². The standard InChI is InChI=1S/C14H20N2O6S/c1-7(17)15-4-5-23(22)9-6-8-10(14(2,3)21)12(18)16(8)11(9)13(19)20/h8,10,21H,4-6H2,1-3H3,(H,15,17)(H,19,20). The van der Waals surface area contributed by atoms with E-state index in [9.17, 15) is 28.8 Å². The molecular formula is C14H20N2O6S. The molecule has 0 spiro atoms. The third-order valence-corrected chi connectivity index (χ3v) is 5.50. The largest absolute Gasteiger partial charge is 0.477 e. The van der Waals surface area contributed by atoms with Crippen LogP contribution in [0.15, 0.2) is 10.6 Å². The van der Waals surface area contributed by atoms with Gasteiger partial charge in [-0.2, -0.15) is 0 Å². The van der Waals surface area contributed by atoms with Crippen molar-refractivity contribution in [3.05, 3.63) is 10.6 Å². The number of nitrogens with one attached hydrogen (secondary N) is 1. The number of carboxylic acids is 1. The molecule has 0 aromatic heterocycles. The van der Waals surface area contributed by atoms with Crippen LogP contribution in [-0.4, -0.2) is 61.0 Å². The van der Waals surface area contributed by atoms with Crippen molar-refractivity contribution < 1.29 is 28.8 Å². The molecule has 2 rings (SSSR count). The van der Waals surface area contributed by atoms with E-state index >= 15 is 0 Å². The first-order chi connectivity index (χ1) is 10.6. The Morgan fingerprint density at radius 3 is 2.52 bits per heavy atom. The second-order valence-electron chi connectivity index (χ2n) is 6.22. The molecule has 3 atom stereocenters. The van der Waals surface area contributed by atoms with Gasteiger partial charge in [0.15, 0.2) is 0 Å². The maximum atomic E-state index is 12.4. The van der Waals surface area contributed by atoms with Crippen LogP contribution in [0.4, 0.5) is 0 Å². The van der Waals surface area contributed by atoms with Crippen LogP contribution in [0.3, 0.4) is 0 Å². The number of nitrogens with zero attached hydrogens (tertiary/aromatic N) is 1. The maximum absolute atomic E-state index is 12.4. The Bertz CT molecular complexity index is 621. The lowest BCUT2D eigenvalue weighted by Crippen LogP contribution is -2.65. The van der Waals surface area contributed by atoms with Gasteiger partial charge in [0.1, 0.15) is 5.70 Å². The van der Waals surface area contributed by atoms with Gasteiger partial charge in [0.05, 0.1) is 28.4 Å². The summed E-state index contributed by atoms with van der Waals surface area (Å²) < 4.78 is 12.4. The molecule has 2 amide bonds. The van der Waals surface area contributed by atoms with Crippen LogP contribution in [0, 0.1) is 5.92 Å². The average Bonchev–Trinajstić information content (AvgIpc) is 2.71. The number of hydrogen-bond donors (Lipinski definition) is 3. The van der Waals surface area contributed by atoms with Gasteiger partial charge < -0.3 is 20.4 Å². The van der Waals surface area contributed by atoms with Crippen LogP contribution in [0.25, 0.3) is 0 Å². The van der Waals surface area contributed by atoms with Gasteiger partial charge in [-0.15, -0.1) is 0 Å². The zero-order chi connectivity index (χ0) is 17.5. The molecule has 23 heavy (non-hydrogen) atoms. The Balaban J connectivity index is 2.20. The summed E-state index contributed by atoms with van der Waals surface area (Å²) in [5, 5.41) is 21.9. The molecule has 2 aliphatic rings. The van der Waals surface area contributed by atoms with Crippen molar-refractivity contribution in [1.29, 1.82) is 0 Å². The Kier molecular flexibility index (Phi) is 4.63. The highest BCUT2D eigenvalue weighted by molar-refractivity contribution is 7.89. The predicted octanol–water partition coefficient (Wildman–Crippen LogP) is -0.831. The van der Waals surface area contributed by atoms with Crippen LogP contribution < -0.4 is 5.32 Å². The van der Waals surface area contributed by atoms with E-state index in [2.05, 4.69) is 5.32 Å². The van der Waals surface area contributed by atoms with Crippen LogP contribution >= 0.6 is 0 Å². The summed E-state index contributed by atoms with van der Waals surface area (Å²) in [6.45, 7) is 4.49. The molecule has 9 heteroatoms. The number of β-lactam (4-membered cyclic amide) rings is 1. The molecule has 128 valence electrons. The SMILES string of the molecule is CC(=O)NCCS(=O)C1=C(C(=O)O)N2C(=O)C(C(C)(C)O)C2C1. The fraction of sp³-hybridized carbons (Fsp3) is 0.643. The second kappa shape index (κ2) is 6.04. The quantitative estimate of drug-likeness (QED) is 0.540. The van der Waals surface area contributed by atoms with E-state index in [0.717, 1.165) is 4.90 Å². The highest BCUT2D eigenvalue weighted by Crippen LogP contribution is 2.47. The van der Waals surface area contributed by atoms with Crippen LogP contribution in [0.2, 0.25) is 0 Å². The fourth-order valence-corrected chi connectivity index (χ4v) is 4.38. The minimum absolute atomic E-state index is 0.0770. The maximum Gasteiger partial charge on any atom is 0.353 e. The topological polar surface area (TPSA) is 124 Å². The van der Waals surface area contributed by atoms with E-state index in [1.807, 2.05) is 0 Å². The molecule has 1 fully saturated rings. The highest BCUT2D eigenvalue weighted by Gasteiger charge is 2.60. The molecule has 0 radical (unpaired) electrons. The molecule has 0 aromatic carbocycles. The van der Waals surface area contributed by atoms with Crippen LogP contribution in [0.1, 0.15) is 27.2 Å². The van der Waals surface area contributed by atoms with Gasteiger partial charge in [0.2, 0.25) is 11.8 Å². The van der Waals surface area contributed by atoms with E-state index in [4.69, 9.17) is 0 Å². The van der Waals surface area contributed by atoms with Gasteiger partial charge in [-0.1, -0.05) is 0 Å². The van der Waals surface area contributed by atoms with Crippen LogP contribution in [0.5, 0.6) is 0 Å². The van der Waals surface area contributed by atoms with Gasteiger partial charge >= 0.3 is 5.97 Å². The monoisotopic (exact) mass is 344 g/mol. The van der Waals surface area contributed by atoms with Crippen molar-refractivity contribution in [3.63, 3.8) is 0 Å². The van der Waals surface area contributed by atoms with E-state index < -0.39 is 40.2 Å².